The van der Waals surface area contributed by atoms with Gasteiger partial charge in [-0.05, 0) is 80.5 Å². The van der Waals surface area contributed by atoms with Crippen LogP contribution in [0.5, 0.6) is 5.75 Å². The van der Waals surface area contributed by atoms with Crippen LogP contribution in [0.15, 0.2) is 24.3 Å². The quantitative estimate of drug-likeness (QED) is 0.660. The Kier molecular flexibility index (Phi) is 5.54. The molecule has 31 heavy (non-hydrogen) atoms. The van der Waals surface area contributed by atoms with Crippen molar-refractivity contribution in [1.82, 2.24) is 10.6 Å². The van der Waals surface area contributed by atoms with Gasteiger partial charge in [-0.2, -0.15) is 0 Å². The van der Waals surface area contributed by atoms with Crippen LogP contribution in [0.4, 0.5) is 10.5 Å². The van der Waals surface area contributed by atoms with Gasteiger partial charge in [-0.1, -0.05) is 0 Å². The monoisotopic (exact) mass is 427 g/mol. The number of quaternary nitrogens is 1. The molecule has 6 rings (SSSR count). The van der Waals surface area contributed by atoms with Crippen molar-refractivity contribution in [2.45, 2.75) is 44.1 Å². The second-order valence-corrected chi connectivity index (χ2v) is 10.3. The summed E-state index contributed by atoms with van der Waals surface area (Å²) in [5, 5.41) is 5.85. The number of rotatable bonds is 5. The van der Waals surface area contributed by atoms with Crippen LogP contribution in [-0.4, -0.2) is 57.3 Å². The molecule has 3 amide bonds. The number of methoxy groups -OCH3 is 1. The van der Waals surface area contributed by atoms with Gasteiger partial charge in [0, 0.05) is 11.2 Å². The molecular weight excluding hydrogens is 392 g/mol. The number of anilines is 1. The Bertz CT molecular complexity index is 781. The summed E-state index contributed by atoms with van der Waals surface area (Å²) < 4.78 is 5.23. The molecule has 0 radical (unpaired) electrons. The van der Waals surface area contributed by atoms with Crippen LogP contribution in [0.2, 0.25) is 0 Å². The maximum atomic E-state index is 12.6. The van der Waals surface area contributed by atoms with E-state index in [0.717, 1.165) is 68.9 Å². The molecule has 0 unspecified atom stereocenters. The first-order valence-corrected chi connectivity index (χ1v) is 11.8. The van der Waals surface area contributed by atoms with E-state index in [9.17, 15) is 9.59 Å². The predicted octanol–water partition coefficient (Wildman–Crippen LogP) is 1.19. The zero-order valence-electron chi connectivity index (χ0n) is 18.5. The molecule has 7 nitrogen and oxygen atoms in total. The molecule has 4 bridgehead atoms. The van der Waals surface area contributed by atoms with Crippen molar-refractivity contribution in [3.63, 3.8) is 0 Å². The van der Waals surface area contributed by atoms with Gasteiger partial charge in [-0.15, -0.1) is 0 Å². The van der Waals surface area contributed by atoms with Gasteiger partial charge in [0.1, 0.15) is 5.75 Å². The van der Waals surface area contributed by atoms with E-state index in [1.54, 1.807) is 7.11 Å². The first-order valence-electron chi connectivity index (χ1n) is 11.8. The van der Waals surface area contributed by atoms with Gasteiger partial charge in [0.05, 0.1) is 33.3 Å². The number of benzene rings is 1. The van der Waals surface area contributed by atoms with E-state index in [0.29, 0.717) is 6.54 Å². The Morgan fingerprint density at radius 1 is 1.03 bits per heavy atom. The molecule has 3 N–H and O–H groups in total. The first kappa shape index (κ1) is 20.6. The molecule has 0 aromatic heterocycles. The third-order valence-electron chi connectivity index (χ3n) is 7.99. The first-order chi connectivity index (χ1) is 15.0. The highest BCUT2D eigenvalue weighted by Crippen LogP contribution is 2.55. The van der Waals surface area contributed by atoms with Crippen molar-refractivity contribution in [2.24, 2.45) is 17.8 Å². The number of nitrogens with one attached hydrogen (secondary N) is 3. The molecule has 5 fully saturated rings. The van der Waals surface area contributed by atoms with E-state index >= 15 is 0 Å². The third kappa shape index (κ3) is 4.52. The smallest absolute Gasteiger partial charge is 0.322 e. The molecule has 1 aliphatic heterocycles. The van der Waals surface area contributed by atoms with Crippen molar-refractivity contribution < 1.29 is 19.2 Å². The maximum absolute atomic E-state index is 12.6. The summed E-state index contributed by atoms with van der Waals surface area (Å²) in [7, 11) is 1.67. The lowest BCUT2D eigenvalue weighted by Crippen LogP contribution is -3.16. The highest BCUT2D eigenvalue weighted by atomic mass is 16.5. The Hall–Kier alpha value is -2.28. The van der Waals surface area contributed by atoms with E-state index in [1.165, 1.54) is 29.8 Å². The van der Waals surface area contributed by atoms with Crippen LogP contribution < -0.4 is 25.2 Å². The molecule has 7 heteroatoms. The molecule has 0 spiro atoms. The van der Waals surface area contributed by atoms with Gasteiger partial charge in [0.15, 0.2) is 6.54 Å². The van der Waals surface area contributed by atoms with Crippen LogP contribution in [0.25, 0.3) is 0 Å². The van der Waals surface area contributed by atoms with E-state index in [4.69, 9.17) is 4.74 Å². The van der Waals surface area contributed by atoms with Gasteiger partial charge in [0.25, 0.3) is 5.91 Å². The summed E-state index contributed by atoms with van der Waals surface area (Å²) in [5.41, 5.74) is 1.12. The summed E-state index contributed by atoms with van der Waals surface area (Å²) >= 11 is 0. The summed E-state index contributed by atoms with van der Waals surface area (Å²) in [6.07, 6.45) is 7.31. The van der Waals surface area contributed by atoms with Crippen LogP contribution in [0.3, 0.4) is 0 Å². The van der Waals surface area contributed by atoms with E-state index in [-0.39, 0.29) is 17.5 Å². The molecule has 4 aliphatic carbocycles. The minimum atomic E-state index is -0.289. The number of carbonyl (C=O) groups excluding carboxylic acids is 2. The molecule has 1 aromatic carbocycles. The molecule has 4 saturated carbocycles. The number of hydrogen-bond acceptors (Lipinski definition) is 4. The van der Waals surface area contributed by atoms with Crippen LogP contribution in [-0.2, 0) is 4.79 Å². The largest absolute Gasteiger partial charge is 0.497 e. The van der Waals surface area contributed by atoms with E-state index in [2.05, 4.69) is 27.7 Å². The van der Waals surface area contributed by atoms with Crippen molar-refractivity contribution in [3.05, 3.63) is 24.3 Å². The average molecular weight is 428 g/mol. The zero-order valence-corrected chi connectivity index (χ0v) is 18.5. The maximum Gasteiger partial charge on any atom is 0.322 e. The summed E-state index contributed by atoms with van der Waals surface area (Å²) in [6.45, 7) is 3.92. The molecule has 0 atom stereocenters. The summed E-state index contributed by atoms with van der Waals surface area (Å²) in [5.74, 6) is 3.00. The number of piperazine rings is 1. The minimum absolute atomic E-state index is 0.0596. The highest BCUT2D eigenvalue weighted by molar-refractivity contribution is 5.95. The predicted molar refractivity (Wildman–Crippen MR) is 118 cm³/mol. The minimum Gasteiger partial charge on any atom is -0.497 e. The van der Waals surface area contributed by atoms with Gasteiger partial charge in [0.2, 0.25) is 0 Å². The highest BCUT2D eigenvalue weighted by Gasteiger charge is 2.51. The number of ether oxygens (including phenoxy) is 1. The lowest BCUT2D eigenvalue weighted by Gasteiger charge is -2.56. The molecule has 1 heterocycles. The molecule has 5 aliphatic rings. The standard InChI is InChI=1S/C24H34N4O3/c1-31-21-4-2-20(3-5-21)28-8-6-27(7-9-28)16-22(29)25-23(30)26-24-13-17-10-18(14-24)12-19(11-17)15-24/h2-5,17-19H,6-16H2,1H3,(H2,25,26,29,30)/p+1. The van der Waals surface area contributed by atoms with Gasteiger partial charge >= 0.3 is 6.03 Å². The number of carbonyl (C=O) groups is 2. The number of urea groups is 1. The Balaban J connectivity index is 1.07. The Morgan fingerprint density at radius 2 is 1.61 bits per heavy atom. The van der Waals surface area contributed by atoms with Crippen molar-refractivity contribution >= 4 is 17.6 Å². The molecular formula is C24H35N4O3+. The van der Waals surface area contributed by atoms with Crippen molar-refractivity contribution in [1.29, 1.82) is 0 Å². The zero-order chi connectivity index (χ0) is 21.4. The second kappa shape index (κ2) is 8.34. The average Bonchev–Trinajstić information content (AvgIpc) is 2.73. The van der Waals surface area contributed by atoms with Gasteiger partial charge < -0.3 is 19.9 Å². The van der Waals surface area contributed by atoms with E-state index in [1.807, 2.05) is 12.1 Å². The lowest BCUT2D eigenvalue weighted by atomic mass is 9.53. The van der Waals surface area contributed by atoms with Crippen LogP contribution in [0, 0.1) is 17.8 Å². The fourth-order valence-electron chi connectivity index (χ4n) is 6.98. The molecule has 168 valence electrons. The van der Waals surface area contributed by atoms with Crippen LogP contribution >= 0.6 is 0 Å². The lowest BCUT2D eigenvalue weighted by molar-refractivity contribution is -0.892. The number of amides is 3. The fraction of sp³-hybridized carbons (Fsp3) is 0.667. The fourth-order valence-corrected chi connectivity index (χ4v) is 6.98. The SMILES string of the molecule is COc1ccc(N2CC[NH+](CC(=O)NC(=O)NC34CC5CC(CC(C5)C3)C4)CC2)cc1. The van der Waals surface area contributed by atoms with E-state index < -0.39 is 0 Å². The number of nitrogens with zero attached hydrogens (tertiary/aromatic N) is 1. The Morgan fingerprint density at radius 3 is 2.16 bits per heavy atom. The van der Waals surface area contributed by atoms with Crippen molar-refractivity contribution in [2.75, 3.05) is 44.7 Å². The topological polar surface area (TPSA) is 75.1 Å². The molecule has 1 aromatic rings. The van der Waals surface area contributed by atoms with Gasteiger partial charge in [-0.25, -0.2) is 4.79 Å². The number of hydrogen-bond donors (Lipinski definition) is 3. The second-order valence-electron chi connectivity index (χ2n) is 10.3. The summed E-state index contributed by atoms with van der Waals surface area (Å²) in [6, 6.07) is 7.81. The van der Waals surface area contributed by atoms with Gasteiger partial charge in [-0.3, -0.25) is 10.1 Å². The summed E-state index contributed by atoms with van der Waals surface area (Å²) in [4.78, 5) is 28.7. The Labute approximate surface area is 184 Å². The van der Waals surface area contributed by atoms with Crippen LogP contribution in [0.1, 0.15) is 38.5 Å². The van der Waals surface area contributed by atoms with Crippen molar-refractivity contribution in [3.8, 4) is 5.75 Å². The third-order valence-corrected chi connectivity index (χ3v) is 7.99. The normalized spacial score (nSPS) is 32.0. The number of imide groups is 1. The molecule has 1 saturated heterocycles.